The number of hydrogen-bond acceptors (Lipinski definition) is 2. The molecule has 1 N–H and O–H groups in total. The highest BCUT2D eigenvalue weighted by atomic mass is 16.5. The summed E-state index contributed by atoms with van der Waals surface area (Å²) in [6.45, 7) is 0. The van der Waals surface area contributed by atoms with Crippen LogP contribution in [0.1, 0.15) is 42.7 Å². The van der Waals surface area contributed by atoms with Gasteiger partial charge in [0.25, 0.3) is 0 Å². The minimum Gasteiger partial charge on any atom is -0.496 e. The van der Waals surface area contributed by atoms with Gasteiger partial charge in [-0.25, -0.2) is 0 Å². The van der Waals surface area contributed by atoms with Crippen molar-refractivity contribution in [2.45, 2.75) is 38.0 Å². The van der Waals surface area contributed by atoms with Crippen LogP contribution in [-0.2, 0) is 11.2 Å². The predicted molar refractivity (Wildman–Crippen MR) is 65.5 cm³/mol. The van der Waals surface area contributed by atoms with E-state index in [-0.39, 0.29) is 6.42 Å². The zero-order valence-corrected chi connectivity index (χ0v) is 10.1. The fourth-order valence-corrected chi connectivity index (χ4v) is 2.61. The second-order valence-corrected chi connectivity index (χ2v) is 4.62. The lowest BCUT2D eigenvalue weighted by atomic mass is 9.95. The van der Waals surface area contributed by atoms with E-state index in [0.29, 0.717) is 11.7 Å². The average molecular weight is 234 g/mol. The van der Waals surface area contributed by atoms with Gasteiger partial charge in [-0.1, -0.05) is 25.0 Å². The summed E-state index contributed by atoms with van der Waals surface area (Å²) >= 11 is 0. The maximum absolute atomic E-state index is 10.8. The normalized spacial score (nSPS) is 16.1. The molecule has 1 saturated carbocycles. The van der Waals surface area contributed by atoms with Crippen molar-refractivity contribution < 1.29 is 14.6 Å². The molecule has 0 aromatic heterocycles. The summed E-state index contributed by atoms with van der Waals surface area (Å²) < 4.78 is 5.20. The van der Waals surface area contributed by atoms with Crippen LogP contribution < -0.4 is 4.74 Å². The molecule has 0 aliphatic heterocycles. The Morgan fingerprint density at radius 1 is 1.41 bits per heavy atom. The van der Waals surface area contributed by atoms with E-state index in [1.54, 1.807) is 7.11 Å². The molecule has 92 valence electrons. The van der Waals surface area contributed by atoms with Crippen LogP contribution in [0.5, 0.6) is 5.75 Å². The molecular formula is C14H18O3. The molecule has 3 nitrogen and oxygen atoms in total. The molecule has 1 aromatic carbocycles. The van der Waals surface area contributed by atoms with Crippen LogP contribution >= 0.6 is 0 Å². The number of carboxylic acids is 1. The summed E-state index contributed by atoms with van der Waals surface area (Å²) in [5, 5.41) is 8.89. The Labute approximate surface area is 101 Å². The van der Waals surface area contributed by atoms with Gasteiger partial charge in [0.2, 0.25) is 0 Å². The van der Waals surface area contributed by atoms with Crippen LogP contribution in [0.3, 0.4) is 0 Å². The molecule has 3 heteroatoms. The molecule has 0 heterocycles. The van der Waals surface area contributed by atoms with Crippen molar-refractivity contribution in [3.8, 4) is 5.75 Å². The van der Waals surface area contributed by atoms with Gasteiger partial charge in [0, 0.05) is 5.56 Å². The molecule has 1 aliphatic carbocycles. The van der Waals surface area contributed by atoms with E-state index in [0.717, 1.165) is 5.56 Å². The maximum atomic E-state index is 10.8. The molecule has 1 fully saturated rings. The highest BCUT2D eigenvalue weighted by molar-refractivity contribution is 5.71. The van der Waals surface area contributed by atoms with Crippen LogP contribution in [0.4, 0.5) is 0 Å². The fourth-order valence-electron chi connectivity index (χ4n) is 2.61. The standard InChI is InChI=1S/C14H18O3/c1-17-13-7-6-11(10-4-2-3-5-10)8-12(13)9-14(15)16/h6-8,10H,2-5,9H2,1H3,(H,15,16). The van der Waals surface area contributed by atoms with Crippen molar-refractivity contribution in [3.05, 3.63) is 29.3 Å². The number of aliphatic carboxylic acids is 1. The van der Waals surface area contributed by atoms with E-state index in [2.05, 4.69) is 6.07 Å². The summed E-state index contributed by atoms with van der Waals surface area (Å²) in [6.07, 6.45) is 5.04. The Balaban J connectivity index is 2.26. The van der Waals surface area contributed by atoms with Crippen LogP contribution in [0, 0.1) is 0 Å². The smallest absolute Gasteiger partial charge is 0.307 e. The molecule has 0 radical (unpaired) electrons. The molecule has 0 unspecified atom stereocenters. The zero-order chi connectivity index (χ0) is 12.3. The summed E-state index contributed by atoms with van der Waals surface area (Å²) in [6, 6.07) is 5.97. The minimum atomic E-state index is -0.813. The maximum Gasteiger partial charge on any atom is 0.307 e. The van der Waals surface area contributed by atoms with Crippen molar-refractivity contribution in [1.29, 1.82) is 0 Å². The van der Waals surface area contributed by atoms with E-state index >= 15 is 0 Å². The van der Waals surface area contributed by atoms with Crippen LogP contribution in [-0.4, -0.2) is 18.2 Å². The number of methoxy groups -OCH3 is 1. The molecule has 0 bridgehead atoms. The number of benzene rings is 1. The molecule has 0 atom stereocenters. The highest BCUT2D eigenvalue weighted by Gasteiger charge is 2.18. The molecular weight excluding hydrogens is 216 g/mol. The molecule has 1 aromatic rings. The van der Waals surface area contributed by atoms with Gasteiger partial charge in [-0.2, -0.15) is 0 Å². The third-order valence-corrected chi connectivity index (χ3v) is 3.47. The van der Waals surface area contributed by atoms with Gasteiger partial charge < -0.3 is 9.84 Å². The van der Waals surface area contributed by atoms with E-state index in [1.165, 1.54) is 31.2 Å². The predicted octanol–water partition coefficient (Wildman–Crippen LogP) is 2.98. The quantitative estimate of drug-likeness (QED) is 0.871. The second kappa shape index (κ2) is 5.21. The summed E-state index contributed by atoms with van der Waals surface area (Å²) in [4.78, 5) is 10.8. The molecule has 1 aliphatic rings. The zero-order valence-electron chi connectivity index (χ0n) is 10.1. The number of rotatable bonds is 4. The lowest BCUT2D eigenvalue weighted by molar-refractivity contribution is -0.136. The Kier molecular flexibility index (Phi) is 3.67. The van der Waals surface area contributed by atoms with E-state index in [1.807, 2.05) is 12.1 Å². The monoisotopic (exact) mass is 234 g/mol. The van der Waals surface area contributed by atoms with Crippen LogP contribution in [0.2, 0.25) is 0 Å². The Bertz CT molecular complexity index is 406. The molecule has 0 spiro atoms. The van der Waals surface area contributed by atoms with Gasteiger partial charge in [-0.3, -0.25) is 4.79 Å². The highest BCUT2D eigenvalue weighted by Crippen LogP contribution is 2.35. The minimum absolute atomic E-state index is 0.0315. The average Bonchev–Trinajstić information content (AvgIpc) is 2.81. The van der Waals surface area contributed by atoms with Crippen molar-refractivity contribution in [2.75, 3.05) is 7.11 Å². The third-order valence-electron chi connectivity index (χ3n) is 3.47. The lowest BCUT2D eigenvalue weighted by Crippen LogP contribution is -2.04. The van der Waals surface area contributed by atoms with E-state index < -0.39 is 5.97 Å². The molecule has 0 saturated heterocycles. The van der Waals surface area contributed by atoms with Crippen molar-refractivity contribution in [2.24, 2.45) is 0 Å². The lowest BCUT2D eigenvalue weighted by Gasteiger charge is -2.13. The number of carbonyl (C=O) groups is 1. The Hall–Kier alpha value is -1.51. The summed E-state index contributed by atoms with van der Waals surface area (Å²) in [7, 11) is 1.58. The van der Waals surface area contributed by atoms with Gasteiger partial charge in [-0.05, 0) is 30.4 Å². The van der Waals surface area contributed by atoms with Crippen molar-refractivity contribution in [3.63, 3.8) is 0 Å². The Morgan fingerprint density at radius 2 is 2.12 bits per heavy atom. The van der Waals surface area contributed by atoms with Gasteiger partial charge >= 0.3 is 5.97 Å². The SMILES string of the molecule is COc1ccc(C2CCCC2)cc1CC(=O)O. The molecule has 0 amide bonds. The first-order valence-electron chi connectivity index (χ1n) is 6.09. The number of ether oxygens (including phenoxy) is 1. The van der Waals surface area contributed by atoms with Crippen LogP contribution in [0.15, 0.2) is 18.2 Å². The van der Waals surface area contributed by atoms with Crippen molar-refractivity contribution in [1.82, 2.24) is 0 Å². The fraction of sp³-hybridized carbons (Fsp3) is 0.500. The van der Waals surface area contributed by atoms with Crippen LogP contribution in [0.25, 0.3) is 0 Å². The number of hydrogen-bond donors (Lipinski definition) is 1. The third kappa shape index (κ3) is 2.78. The second-order valence-electron chi connectivity index (χ2n) is 4.62. The number of carboxylic acid groups (broad SMARTS) is 1. The first-order valence-corrected chi connectivity index (χ1v) is 6.09. The van der Waals surface area contributed by atoms with E-state index in [9.17, 15) is 4.79 Å². The summed E-state index contributed by atoms with van der Waals surface area (Å²) in [5.41, 5.74) is 2.05. The van der Waals surface area contributed by atoms with Gasteiger partial charge in [0.15, 0.2) is 0 Å². The largest absolute Gasteiger partial charge is 0.496 e. The first-order chi connectivity index (χ1) is 8.20. The first kappa shape index (κ1) is 12.0. The van der Waals surface area contributed by atoms with Gasteiger partial charge in [0.05, 0.1) is 13.5 Å². The van der Waals surface area contributed by atoms with Gasteiger partial charge in [0.1, 0.15) is 5.75 Å². The Morgan fingerprint density at radius 3 is 2.71 bits per heavy atom. The topological polar surface area (TPSA) is 46.5 Å². The molecule has 17 heavy (non-hydrogen) atoms. The van der Waals surface area contributed by atoms with Crippen molar-refractivity contribution >= 4 is 5.97 Å². The van der Waals surface area contributed by atoms with Gasteiger partial charge in [-0.15, -0.1) is 0 Å². The van der Waals surface area contributed by atoms with E-state index in [4.69, 9.17) is 9.84 Å². The molecule has 2 rings (SSSR count). The summed E-state index contributed by atoms with van der Waals surface area (Å²) in [5.74, 6) is 0.467.